The molecule has 0 saturated heterocycles. The Morgan fingerprint density at radius 3 is 2.80 bits per heavy atom. The Morgan fingerprint density at radius 1 is 1.45 bits per heavy atom. The van der Waals surface area contributed by atoms with Gasteiger partial charge in [0.25, 0.3) is 0 Å². The summed E-state index contributed by atoms with van der Waals surface area (Å²) in [5.41, 5.74) is 7.60. The van der Waals surface area contributed by atoms with Gasteiger partial charge in [0.2, 0.25) is 0 Å². The van der Waals surface area contributed by atoms with Gasteiger partial charge in [0, 0.05) is 17.6 Å². The Hall–Kier alpha value is -1.95. The van der Waals surface area contributed by atoms with Gasteiger partial charge in [0.1, 0.15) is 0 Å². The van der Waals surface area contributed by atoms with Crippen molar-refractivity contribution in [2.45, 2.75) is 23.8 Å². The van der Waals surface area contributed by atoms with Crippen molar-refractivity contribution in [1.82, 2.24) is 9.78 Å². The molecule has 6 heteroatoms. The van der Waals surface area contributed by atoms with E-state index in [4.69, 9.17) is 10.5 Å². The van der Waals surface area contributed by atoms with E-state index in [1.807, 2.05) is 26.1 Å². The molecule has 2 rings (SSSR count). The first kappa shape index (κ1) is 14.5. The van der Waals surface area contributed by atoms with Crippen LogP contribution in [0.4, 0.5) is 5.69 Å². The highest BCUT2D eigenvalue weighted by Crippen LogP contribution is 2.30. The first-order valence-electron chi connectivity index (χ1n) is 6.26. The van der Waals surface area contributed by atoms with Gasteiger partial charge < -0.3 is 10.5 Å². The molecule has 0 fully saturated rings. The third-order valence-electron chi connectivity index (χ3n) is 2.70. The molecular formula is C14H17N3O2S. The molecule has 0 atom stereocenters. The van der Waals surface area contributed by atoms with Crippen molar-refractivity contribution in [1.29, 1.82) is 0 Å². The van der Waals surface area contributed by atoms with Crippen LogP contribution in [0, 0.1) is 6.92 Å². The Bertz CT molecular complexity index is 637. The van der Waals surface area contributed by atoms with Crippen LogP contribution >= 0.6 is 11.8 Å². The zero-order valence-corrected chi connectivity index (χ0v) is 12.5. The Morgan fingerprint density at radius 2 is 2.20 bits per heavy atom. The average Bonchev–Trinajstić information content (AvgIpc) is 2.70. The molecule has 1 aromatic carbocycles. The largest absolute Gasteiger partial charge is 0.462 e. The van der Waals surface area contributed by atoms with Crippen molar-refractivity contribution in [3.63, 3.8) is 0 Å². The first-order chi connectivity index (χ1) is 9.51. The molecule has 0 saturated carbocycles. The molecule has 20 heavy (non-hydrogen) atoms. The van der Waals surface area contributed by atoms with Crippen molar-refractivity contribution in [3.05, 3.63) is 35.5 Å². The Kier molecular flexibility index (Phi) is 4.34. The molecule has 0 radical (unpaired) electrons. The summed E-state index contributed by atoms with van der Waals surface area (Å²) >= 11 is 1.53. The van der Waals surface area contributed by atoms with Gasteiger partial charge in [0.05, 0.1) is 22.9 Å². The molecule has 1 heterocycles. The Labute approximate surface area is 122 Å². The highest BCUT2D eigenvalue weighted by atomic mass is 32.2. The van der Waals surface area contributed by atoms with Crippen molar-refractivity contribution in [2.24, 2.45) is 7.05 Å². The van der Waals surface area contributed by atoms with Gasteiger partial charge in [-0.3, -0.25) is 4.68 Å². The molecule has 0 bridgehead atoms. The number of nitrogens with two attached hydrogens (primary N) is 1. The van der Waals surface area contributed by atoms with Crippen molar-refractivity contribution < 1.29 is 9.53 Å². The van der Waals surface area contributed by atoms with Gasteiger partial charge in [0.15, 0.2) is 0 Å². The molecule has 0 unspecified atom stereocenters. The number of carbonyl (C=O) groups excluding carboxylic acids is 1. The molecule has 0 aliphatic heterocycles. The summed E-state index contributed by atoms with van der Waals surface area (Å²) in [5, 5.41) is 5.29. The second-order valence-electron chi connectivity index (χ2n) is 4.32. The lowest BCUT2D eigenvalue weighted by Crippen LogP contribution is -2.08. The second kappa shape index (κ2) is 6.00. The van der Waals surface area contributed by atoms with Crippen LogP contribution in [0.25, 0.3) is 0 Å². The van der Waals surface area contributed by atoms with Crippen molar-refractivity contribution in [3.8, 4) is 0 Å². The summed E-state index contributed by atoms with van der Waals surface area (Å²) in [6.07, 6.45) is 0. The summed E-state index contributed by atoms with van der Waals surface area (Å²) < 4.78 is 6.80. The van der Waals surface area contributed by atoms with E-state index in [0.717, 1.165) is 15.6 Å². The van der Waals surface area contributed by atoms with E-state index in [0.29, 0.717) is 17.9 Å². The van der Waals surface area contributed by atoms with Gasteiger partial charge >= 0.3 is 5.97 Å². The number of hydrogen-bond donors (Lipinski definition) is 1. The molecule has 0 amide bonds. The minimum atomic E-state index is -0.395. The summed E-state index contributed by atoms with van der Waals surface area (Å²) in [6.45, 7) is 4.04. The van der Waals surface area contributed by atoms with E-state index in [-0.39, 0.29) is 0 Å². The number of carbonyl (C=O) groups is 1. The fraction of sp³-hybridized carbons (Fsp3) is 0.286. The maximum absolute atomic E-state index is 11.8. The standard InChI is InChI=1S/C14H17N3O2S/c1-4-19-14(18)11-8-10(5-6-12(11)15)20-13-7-9(2)16-17(13)3/h5-8H,4,15H2,1-3H3. The maximum Gasteiger partial charge on any atom is 0.340 e. The SMILES string of the molecule is CCOC(=O)c1cc(Sc2cc(C)nn2C)ccc1N. The van der Waals surface area contributed by atoms with Crippen LogP contribution in [-0.2, 0) is 11.8 Å². The van der Waals surface area contributed by atoms with Crippen LogP contribution in [0.2, 0.25) is 0 Å². The minimum absolute atomic E-state index is 0.330. The van der Waals surface area contributed by atoms with Crippen LogP contribution in [-0.4, -0.2) is 22.4 Å². The summed E-state index contributed by atoms with van der Waals surface area (Å²) in [4.78, 5) is 12.7. The number of aryl methyl sites for hydroxylation is 2. The lowest BCUT2D eigenvalue weighted by atomic mass is 10.2. The van der Waals surface area contributed by atoms with E-state index in [2.05, 4.69) is 5.10 Å². The molecule has 5 nitrogen and oxygen atoms in total. The van der Waals surface area contributed by atoms with Gasteiger partial charge in [-0.15, -0.1) is 0 Å². The number of hydrogen-bond acceptors (Lipinski definition) is 5. The quantitative estimate of drug-likeness (QED) is 0.692. The van der Waals surface area contributed by atoms with Crippen LogP contribution < -0.4 is 5.73 Å². The normalized spacial score (nSPS) is 10.6. The number of benzene rings is 1. The van der Waals surface area contributed by atoms with Crippen LogP contribution in [0.1, 0.15) is 23.0 Å². The molecule has 0 aliphatic carbocycles. The third kappa shape index (κ3) is 3.14. The number of aromatic nitrogens is 2. The fourth-order valence-corrected chi connectivity index (χ4v) is 2.74. The molecule has 106 valence electrons. The zero-order valence-electron chi connectivity index (χ0n) is 11.7. The molecule has 0 aliphatic rings. The van der Waals surface area contributed by atoms with E-state index in [1.54, 1.807) is 23.7 Å². The van der Waals surface area contributed by atoms with E-state index >= 15 is 0 Å². The monoisotopic (exact) mass is 291 g/mol. The number of nitrogen functional groups attached to an aromatic ring is 1. The predicted molar refractivity (Wildman–Crippen MR) is 78.9 cm³/mol. The first-order valence-corrected chi connectivity index (χ1v) is 7.08. The lowest BCUT2D eigenvalue weighted by molar-refractivity contribution is 0.0527. The van der Waals surface area contributed by atoms with Gasteiger partial charge in [-0.1, -0.05) is 11.8 Å². The second-order valence-corrected chi connectivity index (χ2v) is 5.41. The van der Waals surface area contributed by atoms with Crippen LogP contribution in [0.5, 0.6) is 0 Å². The fourth-order valence-electron chi connectivity index (χ4n) is 1.79. The highest BCUT2D eigenvalue weighted by Gasteiger charge is 2.13. The zero-order chi connectivity index (χ0) is 14.7. The van der Waals surface area contributed by atoms with E-state index in [9.17, 15) is 4.79 Å². The van der Waals surface area contributed by atoms with E-state index < -0.39 is 5.97 Å². The molecule has 1 aromatic heterocycles. The Balaban J connectivity index is 2.27. The van der Waals surface area contributed by atoms with Gasteiger partial charge in [-0.2, -0.15) is 5.10 Å². The predicted octanol–water partition coefficient (Wildman–Crippen LogP) is 2.64. The summed E-state index contributed by atoms with van der Waals surface area (Å²) in [5.74, 6) is -0.395. The lowest BCUT2D eigenvalue weighted by Gasteiger charge is -2.08. The van der Waals surface area contributed by atoms with Crippen molar-refractivity contribution in [2.75, 3.05) is 12.3 Å². The number of ether oxygens (including phenoxy) is 1. The summed E-state index contributed by atoms with van der Waals surface area (Å²) in [7, 11) is 1.89. The van der Waals surface area contributed by atoms with Gasteiger partial charge in [-0.05, 0) is 38.1 Å². The number of anilines is 1. The van der Waals surface area contributed by atoms with E-state index in [1.165, 1.54) is 11.8 Å². The topological polar surface area (TPSA) is 70.1 Å². The smallest absolute Gasteiger partial charge is 0.340 e. The number of esters is 1. The number of rotatable bonds is 4. The summed E-state index contributed by atoms with van der Waals surface area (Å²) in [6, 6.07) is 7.34. The molecule has 2 N–H and O–H groups in total. The van der Waals surface area contributed by atoms with Crippen LogP contribution in [0.15, 0.2) is 34.2 Å². The molecule has 2 aromatic rings. The molecular weight excluding hydrogens is 274 g/mol. The average molecular weight is 291 g/mol. The maximum atomic E-state index is 11.8. The van der Waals surface area contributed by atoms with Crippen LogP contribution in [0.3, 0.4) is 0 Å². The highest BCUT2D eigenvalue weighted by molar-refractivity contribution is 7.99. The number of nitrogens with zero attached hydrogens (tertiary/aromatic N) is 2. The van der Waals surface area contributed by atoms with Gasteiger partial charge in [-0.25, -0.2) is 4.79 Å². The molecule has 0 spiro atoms. The third-order valence-corrected chi connectivity index (χ3v) is 3.78. The minimum Gasteiger partial charge on any atom is -0.462 e. The van der Waals surface area contributed by atoms with Crippen molar-refractivity contribution >= 4 is 23.4 Å².